The molecule has 1 aliphatic rings. The molecule has 32 heavy (non-hydrogen) atoms. The molecule has 0 aromatic heterocycles. The Bertz CT molecular complexity index is 762. The molecule has 2 N–H and O–H groups in total. The molecular formula is C20H26N2O10. The molecule has 1 rings (SSSR count). The Morgan fingerprint density at radius 3 is 1.81 bits per heavy atom. The van der Waals surface area contributed by atoms with Crippen LogP contribution < -0.4 is 5.32 Å². The second-order valence-corrected chi connectivity index (χ2v) is 7.04. The van der Waals surface area contributed by atoms with Crippen LogP contribution in [0.1, 0.15) is 27.2 Å². The average Bonchev–Trinajstić information content (AvgIpc) is 2.91. The molecule has 0 saturated carbocycles. The van der Waals surface area contributed by atoms with Gasteiger partial charge in [-0.3, -0.25) is 4.79 Å². The molecule has 176 valence electrons. The summed E-state index contributed by atoms with van der Waals surface area (Å²) in [6.07, 6.45) is -1.22. The Kier molecular flexibility index (Phi) is 8.86. The van der Waals surface area contributed by atoms with Gasteiger partial charge in [-0.05, 0) is 20.8 Å². The Hall–Kier alpha value is -3.51. The first-order valence-electron chi connectivity index (χ1n) is 9.34. The summed E-state index contributed by atoms with van der Waals surface area (Å²) in [5.41, 5.74) is -1.23. The molecule has 12 heteroatoms. The van der Waals surface area contributed by atoms with Gasteiger partial charge in [0.1, 0.15) is 5.54 Å². The van der Waals surface area contributed by atoms with Crippen molar-refractivity contribution < 1.29 is 48.0 Å². The highest BCUT2D eigenvalue weighted by atomic mass is 16.9. The zero-order valence-electron chi connectivity index (χ0n) is 18.0. The number of esters is 3. The molecule has 0 aromatic carbocycles. The zero-order chi connectivity index (χ0) is 24.7. The van der Waals surface area contributed by atoms with Gasteiger partial charge < -0.3 is 29.4 Å². The zero-order valence-corrected chi connectivity index (χ0v) is 18.0. The first-order valence-corrected chi connectivity index (χ1v) is 9.34. The fourth-order valence-corrected chi connectivity index (χ4v) is 2.54. The van der Waals surface area contributed by atoms with E-state index in [1.54, 1.807) is 0 Å². The number of nitrogens with zero attached hydrogens (tertiary/aromatic N) is 1. The Labute approximate surface area is 184 Å². The van der Waals surface area contributed by atoms with Gasteiger partial charge in [0.15, 0.2) is 6.23 Å². The van der Waals surface area contributed by atoms with Crippen molar-refractivity contribution in [3.05, 3.63) is 38.0 Å². The minimum Gasteiger partial charge on any atom is -0.389 e. The molecule has 3 amide bonds. The lowest BCUT2D eigenvalue weighted by molar-refractivity contribution is -0.331. The molecule has 1 heterocycles. The number of rotatable bonds is 12. The van der Waals surface area contributed by atoms with Crippen LogP contribution in [0.25, 0.3) is 0 Å². The predicted molar refractivity (Wildman–Crippen MR) is 107 cm³/mol. The number of hydrogen-bond donors (Lipinski definition) is 2. The van der Waals surface area contributed by atoms with E-state index in [0.717, 1.165) is 18.2 Å². The summed E-state index contributed by atoms with van der Waals surface area (Å²) in [6.45, 7) is 13.3. The Balaban J connectivity index is 3.14. The second kappa shape index (κ2) is 10.7. The number of ether oxygens (including phenoxy) is 4. The van der Waals surface area contributed by atoms with Gasteiger partial charge in [0, 0.05) is 18.2 Å². The fourth-order valence-electron chi connectivity index (χ4n) is 2.54. The third kappa shape index (κ3) is 6.49. The third-order valence-electron chi connectivity index (χ3n) is 4.02. The summed E-state index contributed by atoms with van der Waals surface area (Å²) in [5.74, 6) is -6.60. The van der Waals surface area contributed by atoms with Crippen molar-refractivity contribution in [1.82, 2.24) is 10.2 Å². The number of carbonyl (C=O) groups excluding carboxylic acids is 5. The van der Waals surface area contributed by atoms with E-state index in [1.165, 1.54) is 20.8 Å². The van der Waals surface area contributed by atoms with E-state index in [4.69, 9.17) is 18.9 Å². The minimum atomic E-state index is -2.61. The molecular weight excluding hydrogens is 428 g/mol. The molecule has 2 unspecified atom stereocenters. The molecule has 2 atom stereocenters. The van der Waals surface area contributed by atoms with Crippen LogP contribution in [0, 0.1) is 0 Å². The number of imide groups is 1. The van der Waals surface area contributed by atoms with E-state index in [-0.39, 0.29) is 0 Å². The highest BCUT2D eigenvalue weighted by Gasteiger charge is 2.49. The molecule has 12 nitrogen and oxygen atoms in total. The van der Waals surface area contributed by atoms with Crippen LogP contribution in [-0.4, -0.2) is 70.3 Å². The second-order valence-electron chi connectivity index (χ2n) is 7.04. The smallest absolute Gasteiger partial charge is 0.389 e. The minimum absolute atomic E-state index is 0.522. The fraction of sp³-hybridized carbons (Fsp3) is 0.450. The Morgan fingerprint density at radius 1 is 1.06 bits per heavy atom. The van der Waals surface area contributed by atoms with E-state index in [1.807, 2.05) is 0 Å². The van der Waals surface area contributed by atoms with Gasteiger partial charge >= 0.3 is 29.9 Å². The maximum absolute atomic E-state index is 12.5. The summed E-state index contributed by atoms with van der Waals surface area (Å²) in [5, 5.41) is 12.5. The summed E-state index contributed by atoms with van der Waals surface area (Å²) < 4.78 is 20.3. The summed E-state index contributed by atoms with van der Waals surface area (Å²) in [4.78, 5) is 60.7. The lowest BCUT2D eigenvalue weighted by Crippen LogP contribution is -2.50. The van der Waals surface area contributed by atoms with E-state index >= 15 is 0 Å². The first-order chi connectivity index (χ1) is 14.8. The molecule has 0 aliphatic carbocycles. The highest BCUT2D eigenvalue weighted by Crippen LogP contribution is 2.25. The first kappa shape index (κ1) is 26.5. The predicted octanol–water partition coefficient (Wildman–Crippen LogP) is 0.272. The lowest BCUT2D eigenvalue weighted by atomic mass is 10.1. The molecule has 1 fully saturated rings. The van der Waals surface area contributed by atoms with Crippen molar-refractivity contribution in [3.63, 3.8) is 0 Å². The monoisotopic (exact) mass is 454 g/mol. The topological polar surface area (TPSA) is 158 Å². The average molecular weight is 454 g/mol. The molecule has 0 radical (unpaired) electrons. The molecule has 0 aromatic rings. The van der Waals surface area contributed by atoms with Crippen molar-refractivity contribution in [2.45, 2.75) is 51.0 Å². The molecule has 0 spiro atoms. The largest absolute Gasteiger partial charge is 0.426 e. The molecule has 1 saturated heterocycles. The number of carbonyl (C=O) groups is 5. The van der Waals surface area contributed by atoms with E-state index in [9.17, 15) is 29.1 Å². The van der Waals surface area contributed by atoms with Gasteiger partial charge in [-0.25, -0.2) is 24.1 Å². The lowest BCUT2D eigenvalue weighted by Gasteiger charge is -2.32. The van der Waals surface area contributed by atoms with Gasteiger partial charge in [0.2, 0.25) is 0 Å². The number of urea groups is 1. The number of hydrogen-bond acceptors (Lipinski definition) is 10. The van der Waals surface area contributed by atoms with Crippen molar-refractivity contribution in [2.75, 3.05) is 6.61 Å². The SMILES string of the molecule is C=CC(=O)OC(CCOC(C(C)O)N1C(=O)NC(C)(C)C1=O)(OC(=O)C=C)OC(=O)C=C. The summed E-state index contributed by atoms with van der Waals surface area (Å²) >= 11 is 0. The molecule has 0 bridgehead atoms. The van der Waals surface area contributed by atoms with Gasteiger partial charge in [0.25, 0.3) is 5.91 Å². The van der Waals surface area contributed by atoms with Crippen molar-refractivity contribution in [3.8, 4) is 0 Å². The standard InChI is InChI=1S/C20H26N2O10/c1-7-13(24)30-20(31-14(25)8-2,32-15(26)9-3)10-11-29-16(12(4)23)22-17(27)19(5,6)21-18(22)28/h7-9,12,16,23H,1-3,10-11H2,4-6H3,(H,21,28). The molecule has 1 aliphatic heterocycles. The van der Waals surface area contributed by atoms with Gasteiger partial charge in [-0.2, -0.15) is 0 Å². The van der Waals surface area contributed by atoms with Crippen LogP contribution >= 0.6 is 0 Å². The number of amides is 3. The summed E-state index contributed by atoms with van der Waals surface area (Å²) in [7, 11) is 0. The van der Waals surface area contributed by atoms with Crippen molar-refractivity contribution in [2.24, 2.45) is 0 Å². The third-order valence-corrected chi connectivity index (χ3v) is 4.02. The quantitative estimate of drug-likeness (QED) is 0.181. The van der Waals surface area contributed by atoms with E-state index < -0.39 is 66.7 Å². The van der Waals surface area contributed by atoms with Crippen molar-refractivity contribution in [1.29, 1.82) is 0 Å². The van der Waals surface area contributed by atoms with Crippen LogP contribution in [0.4, 0.5) is 4.79 Å². The maximum atomic E-state index is 12.5. The number of aliphatic hydroxyl groups excluding tert-OH is 1. The Morgan fingerprint density at radius 2 is 1.50 bits per heavy atom. The van der Waals surface area contributed by atoms with Crippen LogP contribution in [0.3, 0.4) is 0 Å². The van der Waals surface area contributed by atoms with E-state index in [0.29, 0.717) is 4.90 Å². The number of nitrogens with one attached hydrogen (secondary N) is 1. The van der Waals surface area contributed by atoms with Crippen LogP contribution in [0.2, 0.25) is 0 Å². The maximum Gasteiger partial charge on any atom is 0.426 e. The van der Waals surface area contributed by atoms with Gasteiger partial charge in [-0.15, -0.1) is 0 Å². The summed E-state index contributed by atoms with van der Waals surface area (Å²) in [6, 6.07) is -0.800. The van der Waals surface area contributed by atoms with Gasteiger partial charge in [0.05, 0.1) is 19.1 Å². The van der Waals surface area contributed by atoms with Crippen molar-refractivity contribution >= 4 is 29.8 Å². The normalized spacial score (nSPS) is 16.9. The van der Waals surface area contributed by atoms with Crippen LogP contribution in [-0.2, 0) is 38.1 Å². The van der Waals surface area contributed by atoms with Crippen LogP contribution in [0.15, 0.2) is 38.0 Å². The van der Waals surface area contributed by atoms with E-state index in [2.05, 4.69) is 25.1 Å². The number of aliphatic hydroxyl groups is 1. The highest BCUT2D eigenvalue weighted by molar-refractivity contribution is 6.06. The van der Waals surface area contributed by atoms with Gasteiger partial charge in [-0.1, -0.05) is 19.7 Å². The van der Waals surface area contributed by atoms with Crippen LogP contribution in [0.5, 0.6) is 0 Å².